The second-order valence-corrected chi connectivity index (χ2v) is 11.0. The number of nitrogens with zero attached hydrogens (tertiary/aromatic N) is 5. The van der Waals surface area contributed by atoms with Crippen LogP contribution in [0.15, 0.2) is 47.3 Å². The Labute approximate surface area is 232 Å². The summed E-state index contributed by atoms with van der Waals surface area (Å²) in [6, 6.07) is 4.52. The third kappa shape index (κ3) is 4.88. The molecule has 3 aromatic rings. The molecular formula is C27H27BrN6O5. The van der Waals surface area contributed by atoms with Crippen molar-refractivity contribution in [2.24, 2.45) is 5.41 Å². The van der Waals surface area contributed by atoms with Gasteiger partial charge in [0.05, 0.1) is 38.1 Å². The molecule has 1 saturated heterocycles. The van der Waals surface area contributed by atoms with E-state index in [1.807, 2.05) is 18.2 Å². The van der Waals surface area contributed by atoms with Crippen LogP contribution in [0.3, 0.4) is 0 Å². The van der Waals surface area contributed by atoms with Crippen LogP contribution in [0, 0.1) is 5.41 Å². The molecule has 39 heavy (non-hydrogen) atoms. The molecule has 0 aromatic carbocycles. The van der Waals surface area contributed by atoms with Crippen LogP contribution in [0.2, 0.25) is 0 Å². The Kier molecular flexibility index (Phi) is 6.77. The maximum atomic E-state index is 13.8. The van der Waals surface area contributed by atoms with Crippen LogP contribution in [0.1, 0.15) is 35.8 Å². The van der Waals surface area contributed by atoms with E-state index in [1.165, 1.54) is 11.6 Å². The van der Waals surface area contributed by atoms with Crippen molar-refractivity contribution in [2.75, 3.05) is 25.1 Å². The van der Waals surface area contributed by atoms with E-state index in [9.17, 15) is 14.4 Å². The van der Waals surface area contributed by atoms with Crippen LogP contribution in [0.4, 0.5) is 5.82 Å². The number of ether oxygens (including phenoxy) is 2. The summed E-state index contributed by atoms with van der Waals surface area (Å²) in [5.41, 5.74) is 1.32. The number of Topliss-reactive ketones (excluding diaryl/α,β-unsaturated/α-hetero) is 1. The lowest BCUT2D eigenvalue weighted by Crippen LogP contribution is -2.47. The predicted octanol–water partition coefficient (Wildman–Crippen LogP) is 2.89. The normalized spacial score (nSPS) is 25.7. The van der Waals surface area contributed by atoms with Crippen molar-refractivity contribution in [3.63, 3.8) is 0 Å². The molecule has 2 aliphatic heterocycles. The number of carbonyl (C=O) groups excluding carboxylic acids is 3. The quantitative estimate of drug-likeness (QED) is 0.278. The molecule has 1 spiro atoms. The second-order valence-electron chi connectivity index (χ2n) is 10.2. The van der Waals surface area contributed by atoms with E-state index in [0.717, 1.165) is 12.0 Å². The number of piperidine rings is 1. The van der Waals surface area contributed by atoms with Gasteiger partial charge in [-0.05, 0) is 40.9 Å². The van der Waals surface area contributed by atoms with Gasteiger partial charge in [-0.3, -0.25) is 24.0 Å². The Hall–Kier alpha value is -3.48. The molecule has 3 atom stereocenters. The molecule has 202 valence electrons. The number of hydrogen-bond donors (Lipinski definition) is 1. The number of ketones is 1. The van der Waals surface area contributed by atoms with Crippen LogP contribution in [-0.4, -0.2) is 74.2 Å². The number of anilines is 1. The predicted molar refractivity (Wildman–Crippen MR) is 144 cm³/mol. The van der Waals surface area contributed by atoms with Crippen molar-refractivity contribution < 1.29 is 23.9 Å². The van der Waals surface area contributed by atoms with Gasteiger partial charge in [0.15, 0.2) is 5.78 Å². The van der Waals surface area contributed by atoms with Gasteiger partial charge in [0, 0.05) is 35.5 Å². The Morgan fingerprint density at radius 3 is 2.82 bits per heavy atom. The first-order valence-electron chi connectivity index (χ1n) is 12.8. The highest BCUT2D eigenvalue weighted by molar-refractivity contribution is 9.10. The average molecular weight is 595 g/mol. The molecule has 3 aliphatic rings. The summed E-state index contributed by atoms with van der Waals surface area (Å²) >= 11 is 3.38. The van der Waals surface area contributed by atoms with Crippen molar-refractivity contribution in [1.82, 2.24) is 24.6 Å². The van der Waals surface area contributed by atoms with Crippen LogP contribution < -0.4 is 5.32 Å². The largest absolute Gasteiger partial charge is 0.377 e. The summed E-state index contributed by atoms with van der Waals surface area (Å²) in [4.78, 5) is 50.0. The fourth-order valence-corrected chi connectivity index (χ4v) is 5.93. The lowest BCUT2D eigenvalue weighted by Gasteiger charge is -2.27. The van der Waals surface area contributed by atoms with Gasteiger partial charge < -0.3 is 19.7 Å². The number of nitrogens with one attached hydrogen (secondary N) is 1. The van der Waals surface area contributed by atoms with Gasteiger partial charge in [-0.25, -0.2) is 4.98 Å². The van der Waals surface area contributed by atoms with Crippen molar-refractivity contribution in [3.05, 3.63) is 58.6 Å². The number of amides is 2. The first-order valence-corrected chi connectivity index (χ1v) is 13.5. The summed E-state index contributed by atoms with van der Waals surface area (Å²) in [5.74, 6) is -0.375. The van der Waals surface area contributed by atoms with Crippen molar-refractivity contribution in [1.29, 1.82) is 0 Å². The van der Waals surface area contributed by atoms with Crippen molar-refractivity contribution in [2.45, 2.75) is 45.0 Å². The Bertz CT molecular complexity index is 1510. The number of aromatic nitrogens is 4. The van der Waals surface area contributed by atoms with Crippen molar-refractivity contribution >= 4 is 50.2 Å². The zero-order valence-corrected chi connectivity index (χ0v) is 22.9. The van der Waals surface area contributed by atoms with Gasteiger partial charge >= 0.3 is 0 Å². The summed E-state index contributed by atoms with van der Waals surface area (Å²) in [5, 5.41) is 8.00. The maximum absolute atomic E-state index is 13.8. The SMILES string of the molecule is CC(=O)c1nn(CC(=O)N2[C@H]3C[C@@]4(COC/C=C\COCc5ccc(Br)nc5NC3=O)C[C@@H]24)c2cnccc12. The Balaban J connectivity index is 1.31. The first kappa shape index (κ1) is 25.8. The van der Waals surface area contributed by atoms with Crippen LogP contribution in [0.25, 0.3) is 10.9 Å². The molecule has 2 bridgehead atoms. The van der Waals surface area contributed by atoms with E-state index in [4.69, 9.17) is 9.47 Å². The van der Waals surface area contributed by atoms with E-state index in [2.05, 4.69) is 36.3 Å². The van der Waals surface area contributed by atoms with Crippen molar-refractivity contribution in [3.8, 4) is 0 Å². The zero-order valence-electron chi connectivity index (χ0n) is 21.3. The standard InChI is InChI=1S/C27H27BrN6O5/c1-16(35)24-18-6-7-29-12-20(18)33(32-24)13-23(36)34-19-10-27(11-21(27)34)15-39-9-3-2-8-38-14-17-4-5-22(28)30-25(17)31-26(19)37/h2-7,12,19,21H,8-11,13-15H2,1H3,(H,30,31,37)/b3-2-/t19-,21+,27-/m0/s1. The van der Waals surface area contributed by atoms with E-state index in [-0.39, 0.29) is 47.9 Å². The fraction of sp³-hybridized carbons (Fsp3) is 0.407. The summed E-state index contributed by atoms with van der Waals surface area (Å²) in [6.07, 6.45) is 8.24. The average Bonchev–Trinajstić information content (AvgIpc) is 3.32. The number of carbonyl (C=O) groups is 3. The summed E-state index contributed by atoms with van der Waals surface area (Å²) in [7, 11) is 0. The van der Waals surface area contributed by atoms with E-state index in [1.54, 1.807) is 29.4 Å². The number of fused-ring (bicyclic) bond motifs is 3. The van der Waals surface area contributed by atoms with E-state index in [0.29, 0.717) is 47.6 Å². The van der Waals surface area contributed by atoms with Gasteiger partial charge in [-0.2, -0.15) is 5.10 Å². The lowest BCUT2D eigenvalue weighted by atomic mass is 10.00. The molecule has 6 rings (SSSR count). The third-order valence-electron chi connectivity index (χ3n) is 7.61. The molecule has 11 nitrogen and oxygen atoms in total. The van der Waals surface area contributed by atoms with Crippen LogP contribution in [-0.2, 0) is 32.2 Å². The van der Waals surface area contributed by atoms with Gasteiger partial charge in [0.1, 0.15) is 28.7 Å². The summed E-state index contributed by atoms with van der Waals surface area (Å²) < 4.78 is 13.7. The smallest absolute Gasteiger partial charge is 0.248 e. The van der Waals surface area contributed by atoms with Gasteiger partial charge in [-0.1, -0.05) is 18.2 Å². The topological polar surface area (TPSA) is 129 Å². The van der Waals surface area contributed by atoms with E-state index >= 15 is 0 Å². The summed E-state index contributed by atoms with van der Waals surface area (Å²) in [6.45, 7) is 2.86. The molecule has 0 unspecified atom stereocenters. The first-order chi connectivity index (χ1) is 18.9. The molecule has 3 aromatic heterocycles. The minimum Gasteiger partial charge on any atom is -0.377 e. The maximum Gasteiger partial charge on any atom is 0.248 e. The van der Waals surface area contributed by atoms with Crippen LogP contribution in [0.5, 0.6) is 0 Å². The van der Waals surface area contributed by atoms with Gasteiger partial charge in [0.25, 0.3) is 0 Å². The zero-order chi connectivity index (χ0) is 27.1. The molecule has 2 amide bonds. The number of likely N-dealkylation sites (tertiary alicyclic amines) is 1. The number of halogens is 1. The highest BCUT2D eigenvalue weighted by atomic mass is 79.9. The molecule has 0 radical (unpaired) electrons. The number of pyridine rings is 2. The number of hydrogen-bond acceptors (Lipinski definition) is 8. The number of rotatable bonds is 3. The lowest BCUT2D eigenvalue weighted by molar-refractivity contribution is -0.138. The molecule has 1 aliphatic carbocycles. The molecule has 2 fully saturated rings. The Morgan fingerprint density at radius 2 is 2.00 bits per heavy atom. The van der Waals surface area contributed by atoms with E-state index < -0.39 is 6.04 Å². The minimum atomic E-state index is -0.706. The van der Waals surface area contributed by atoms with Gasteiger partial charge in [0.2, 0.25) is 11.8 Å². The van der Waals surface area contributed by atoms with Crippen LogP contribution >= 0.6 is 15.9 Å². The molecule has 1 saturated carbocycles. The highest BCUT2D eigenvalue weighted by Crippen LogP contribution is 2.60. The highest BCUT2D eigenvalue weighted by Gasteiger charge is 2.67. The molecular weight excluding hydrogens is 568 g/mol. The third-order valence-corrected chi connectivity index (χ3v) is 8.05. The second kappa shape index (κ2) is 10.2. The fourth-order valence-electron chi connectivity index (χ4n) is 5.62. The Morgan fingerprint density at radius 1 is 1.18 bits per heavy atom. The molecule has 1 N–H and O–H groups in total. The van der Waals surface area contributed by atoms with Gasteiger partial charge in [-0.15, -0.1) is 0 Å². The molecule has 5 heterocycles. The monoisotopic (exact) mass is 594 g/mol. The minimum absolute atomic E-state index is 0.121. The molecule has 12 heteroatoms.